The summed E-state index contributed by atoms with van der Waals surface area (Å²) < 4.78 is 17.9. The Morgan fingerprint density at radius 1 is 1.44 bits per heavy atom. The number of ether oxygens (including phenoxy) is 1. The summed E-state index contributed by atoms with van der Waals surface area (Å²) >= 11 is 0. The van der Waals surface area contributed by atoms with E-state index in [-0.39, 0.29) is 24.8 Å². The van der Waals surface area contributed by atoms with Gasteiger partial charge in [-0.25, -0.2) is 9.18 Å². The Bertz CT molecular complexity index is 461. The summed E-state index contributed by atoms with van der Waals surface area (Å²) in [5, 5.41) is 0. The fourth-order valence-corrected chi connectivity index (χ4v) is 1.86. The summed E-state index contributed by atoms with van der Waals surface area (Å²) in [4.78, 5) is 24.2. The van der Waals surface area contributed by atoms with Gasteiger partial charge in [0.05, 0.1) is 6.54 Å². The lowest BCUT2D eigenvalue weighted by atomic mass is 10.1. The second kappa shape index (κ2) is 5.62. The third-order valence-corrected chi connectivity index (χ3v) is 2.76. The number of carbonyl (C=O) groups excluding carboxylic acids is 2. The third kappa shape index (κ3) is 3.29. The molecular weight excluding hydrogens is 237 g/mol. The number of halogens is 1. The zero-order chi connectivity index (χ0) is 13.0. The number of rotatable bonds is 2. The quantitative estimate of drug-likeness (QED) is 0.809. The first kappa shape index (κ1) is 12.5. The molecule has 0 unspecified atom stereocenters. The van der Waals surface area contributed by atoms with Crippen molar-refractivity contribution in [1.29, 1.82) is 0 Å². The molecule has 18 heavy (non-hydrogen) atoms. The van der Waals surface area contributed by atoms with Crippen LogP contribution in [-0.2, 0) is 16.1 Å². The Hall–Kier alpha value is -1.91. The normalized spacial score (nSPS) is 15.6. The van der Waals surface area contributed by atoms with Gasteiger partial charge in [-0.05, 0) is 24.1 Å². The van der Waals surface area contributed by atoms with Crippen molar-refractivity contribution in [3.05, 3.63) is 35.6 Å². The van der Waals surface area contributed by atoms with Gasteiger partial charge in [0.1, 0.15) is 12.4 Å². The van der Waals surface area contributed by atoms with Crippen LogP contribution in [0.5, 0.6) is 0 Å². The van der Waals surface area contributed by atoms with Crippen LogP contribution in [0.25, 0.3) is 0 Å². The van der Waals surface area contributed by atoms with E-state index in [9.17, 15) is 14.0 Å². The van der Waals surface area contributed by atoms with Gasteiger partial charge in [0.15, 0.2) is 5.78 Å². The van der Waals surface area contributed by atoms with Gasteiger partial charge in [-0.3, -0.25) is 4.79 Å². The molecule has 0 N–H and O–H groups in total. The van der Waals surface area contributed by atoms with E-state index in [1.54, 1.807) is 12.1 Å². The van der Waals surface area contributed by atoms with Crippen molar-refractivity contribution in [3.63, 3.8) is 0 Å². The molecule has 5 heteroatoms. The van der Waals surface area contributed by atoms with Crippen LogP contribution < -0.4 is 0 Å². The molecule has 0 radical (unpaired) electrons. The van der Waals surface area contributed by atoms with Crippen molar-refractivity contribution in [2.75, 3.05) is 13.1 Å². The lowest BCUT2D eigenvalue weighted by Gasteiger charge is -2.24. The topological polar surface area (TPSA) is 46.6 Å². The van der Waals surface area contributed by atoms with Gasteiger partial charge in [0.25, 0.3) is 0 Å². The first-order valence-corrected chi connectivity index (χ1v) is 5.83. The number of nitrogens with zero attached hydrogens (tertiary/aromatic N) is 1. The van der Waals surface area contributed by atoms with E-state index in [4.69, 9.17) is 4.74 Å². The summed E-state index contributed by atoms with van der Waals surface area (Å²) in [7, 11) is 0. The highest BCUT2D eigenvalue weighted by Gasteiger charge is 2.22. The number of piperidine rings is 1. The number of ketones is 1. The minimum absolute atomic E-state index is 0.0152. The predicted octanol–water partition coefficient (Wildman–Crippen LogP) is 2.13. The van der Waals surface area contributed by atoms with Crippen LogP contribution in [0, 0.1) is 5.82 Å². The average molecular weight is 251 g/mol. The van der Waals surface area contributed by atoms with Gasteiger partial charge in [-0.15, -0.1) is 0 Å². The molecule has 1 aliphatic rings. The Morgan fingerprint density at radius 3 is 3.00 bits per heavy atom. The van der Waals surface area contributed by atoms with Gasteiger partial charge in [-0.2, -0.15) is 0 Å². The molecule has 1 aromatic carbocycles. The lowest BCUT2D eigenvalue weighted by Crippen LogP contribution is -2.40. The van der Waals surface area contributed by atoms with Gasteiger partial charge in [0, 0.05) is 13.0 Å². The first-order chi connectivity index (χ1) is 8.65. The number of hydrogen-bond donors (Lipinski definition) is 0. The standard InChI is InChI=1S/C13H14FNO3/c14-11-4-1-3-10(7-11)9-18-13(17)15-6-2-5-12(16)8-15/h1,3-4,7H,2,5-6,8-9H2. The minimum atomic E-state index is -0.521. The molecule has 1 heterocycles. The molecule has 0 bridgehead atoms. The molecule has 96 valence electrons. The first-order valence-electron chi connectivity index (χ1n) is 5.83. The van der Waals surface area contributed by atoms with Crippen LogP contribution in [0.3, 0.4) is 0 Å². The minimum Gasteiger partial charge on any atom is -0.445 e. The van der Waals surface area contributed by atoms with Crippen molar-refractivity contribution in [2.24, 2.45) is 0 Å². The van der Waals surface area contributed by atoms with Crippen molar-refractivity contribution >= 4 is 11.9 Å². The number of benzene rings is 1. The Balaban J connectivity index is 1.86. The van der Waals surface area contributed by atoms with E-state index in [0.717, 1.165) is 0 Å². The van der Waals surface area contributed by atoms with E-state index in [1.165, 1.54) is 17.0 Å². The average Bonchev–Trinajstić information content (AvgIpc) is 2.36. The second-order valence-corrected chi connectivity index (χ2v) is 4.25. The highest BCUT2D eigenvalue weighted by atomic mass is 19.1. The predicted molar refractivity (Wildman–Crippen MR) is 62.4 cm³/mol. The van der Waals surface area contributed by atoms with Crippen LogP contribution in [0.4, 0.5) is 9.18 Å². The molecule has 0 aliphatic carbocycles. The molecule has 2 rings (SSSR count). The largest absolute Gasteiger partial charge is 0.445 e. The van der Waals surface area contributed by atoms with Crippen molar-refractivity contribution in [1.82, 2.24) is 4.90 Å². The fourth-order valence-electron chi connectivity index (χ4n) is 1.86. The Labute approximate surface area is 104 Å². The molecular formula is C13H14FNO3. The van der Waals surface area contributed by atoms with Crippen LogP contribution in [-0.4, -0.2) is 29.9 Å². The number of carbonyl (C=O) groups is 2. The molecule has 4 nitrogen and oxygen atoms in total. The van der Waals surface area contributed by atoms with Gasteiger partial charge < -0.3 is 9.64 Å². The van der Waals surface area contributed by atoms with Crippen LogP contribution >= 0.6 is 0 Å². The maximum absolute atomic E-state index is 12.9. The molecule has 1 saturated heterocycles. The zero-order valence-corrected chi connectivity index (χ0v) is 9.89. The maximum Gasteiger partial charge on any atom is 0.410 e. The van der Waals surface area contributed by atoms with E-state index in [1.807, 2.05) is 0 Å². The Kier molecular flexibility index (Phi) is 3.92. The molecule has 1 amide bonds. The zero-order valence-electron chi connectivity index (χ0n) is 9.89. The molecule has 1 fully saturated rings. The molecule has 1 aliphatic heterocycles. The van der Waals surface area contributed by atoms with E-state index < -0.39 is 6.09 Å². The van der Waals surface area contributed by atoms with E-state index in [0.29, 0.717) is 24.9 Å². The number of amides is 1. The summed E-state index contributed by atoms with van der Waals surface area (Å²) in [5.41, 5.74) is 0.590. The lowest BCUT2D eigenvalue weighted by molar-refractivity contribution is -0.121. The highest BCUT2D eigenvalue weighted by molar-refractivity contribution is 5.85. The second-order valence-electron chi connectivity index (χ2n) is 4.25. The Morgan fingerprint density at radius 2 is 2.28 bits per heavy atom. The summed E-state index contributed by atoms with van der Waals surface area (Å²) in [6.45, 7) is 0.664. The van der Waals surface area contributed by atoms with Crippen molar-refractivity contribution < 1.29 is 18.7 Å². The smallest absolute Gasteiger partial charge is 0.410 e. The maximum atomic E-state index is 12.9. The monoisotopic (exact) mass is 251 g/mol. The molecule has 1 aromatic rings. The molecule has 0 aromatic heterocycles. The van der Waals surface area contributed by atoms with Crippen LogP contribution in [0.2, 0.25) is 0 Å². The van der Waals surface area contributed by atoms with Gasteiger partial charge in [0.2, 0.25) is 0 Å². The molecule has 0 saturated carbocycles. The highest BCUT2D eigenvalue weighted by Crippen LogP contribution is 2.10. The molecule has 0 spiro atoms. The third-order valence-electron chi connectivity index (χ3n) is 2.76. The van der Waals surface area contributed by atoms with Crippen molar-refractivity contribution in [2.45, 2.75) is 19.4 Å². The SMILES string of the molecule is O=C1CCCN(C(=O)OCc2cccc(F)c2)C1. The molecule has 0 atom stereocenters. The van der Waals surface area contributed by atoms with E-state index in [2.05, 4.69) is 0 Å². The van der Waals surface area contributed by atoms with Gasteiger partial charge >= 0.3 is 6.09 Å². The number of likely N-dealkylation sites (tertiary alicyclic amines) is 1. The number of hydrogen-bond acceptors (Lipinski definition) is 3. The van der Waals surface area contributed by atoms with Crippen LogP contribution in [0.15, 0.2) is 24.3 Å². The van der Waals surface area contributed by atoms with Gasteiger partial charge in [-0.1, -0.05) is 12.1 Å². The fraction of sp³-hybridized carbons (Fsp3) is 0.385. The van der Waals surface area contributed by atoms with Crippen LogP contribution in [0.1, 0.15) is 18.4 Å². The number of Topliss-reactive ketones (excluding diaryl/α,β-unsaturated/α-hetero) is 1. The summed E-state index contributed by atoms with van der Waals surface area (Å²) in [6, 6.07) is 5.88. The summed E-state index contributed by atoms with van der Waals surface area (Å²) in [6.07, 6.45) is 0.675. The van der Waals surface area contributed by atoms with E-state index >= 15 is 0 Å². The summed E-state index contributed by atoms with van der Waals surface area (Å²) in [5.74, 6) is -0.319. The van der Waals surface area contributed by atoms with Crippen molar-refractivity contribution in [3.8, 4) is 0 Å².